The van der Waals surface area contributed by atoms with Gasteiger partial charge in [-0.1, -0.05) is 66.7 Å². The first-order chi connectivity index (χ1) is 13.3. The van der Waals surface area contributed by atoms with Crippen LogP contribution in [0.1, 0.15) is 29.2 Å². The van der Waals surface area contributed by atoms with Gasteiger partial charge in [-0.15, -0.1) is 0 Å². The Bertz CT molecular complexity index is 870. The van der Waals surface area contributed by atoms with Gasteiger partial charge in [0.2, 0.25) is 12.7 Å². The van der Waals surface area contributed by atoms with E-state index in [2.05, 4.69) is 5.32 Å². The highest BCUT2D eigenvalue weighted by atomic mass is 16.7. The van der Waals surface area contributed by atoms with Crippen molar-refractivity contribution in [2.45, 2.75) is 18.9 Å². The van der Waals surface area contributed by atoms with Gasteiger partial charge in [-0.3, -0.25) is 4.79 Å². The Kier molecular flexibility index (Phi) is 5.06. The van der Waals surface area contributed by atoms with Crippen LogP contribution in [0.2, 0.25) is 0 Å². The van der Waals surface area contributed by atoms with E-state index in [1.54, 1.807) is 0 Å². The normalized spacial score (nSPS) is 12.2. The molecule has 0 spiro atoms. The lowest BCUT2D eigenvalue weighted by Gasteiger charge is -2.20. The third-order valence-electron chi connectivity index (χ3n) is 4.65. The molecule has 1 aliphatic rings. The number of fused-ring (bicyclic) bond motifs is 1. The summed E-state index contributed by atoms with van der Waals surface area (Å²) in [5.41, 5.74) is 3.20. The quantitative estimate of drug-likeness (QED) is 0.716. The van der Waals surface area contributed by atoms with Gasteiger partial charge in [0, 0.05) is 6.42 Å². The van der Waals surface area contributed by atoms with Crippen molar-refractivity contribution in [2.75, 3.05) is 6.79 Å². The van der Waals surface area contributed by atoms with Crippen LogP contribution in [0.15, 0.2) is 78.9 Å². The first-order valence-corrected chi connectivity index (χ1v) is 9.07. The predicted octanol–water partition coefficient (Wildman–Crippen LogP) is 4.25. The van der Waals surface area contributed by atoms with Crippen LogP contribution >= 0.6 is 0 Å². The van der Waals surface area contributed by atoms with Crippen molar-refractivity contribution in [1.29, 1.82) is 0 Å². The summed E-state index contributed by atoms with van der Waals surface area (Å²) in [5.74, 6) is 1.53. The van der Waals surface area contributed by atoms with Gasteiger partial charge < -0.3 is 14.8 Å². The van der Waals surface area contributed by atoms with Crippen molar-refractivity contribution in [3.8, 4) is 11.5 Å². The second kappa shape index (κ2) is 7.96. The molecule has 3 aromatic carbocycles. The van der Waals surface area contributed by atoms with Crippen LogP contribution in [0.25, 0.3) is 0 Å². The fourth-order valence-corrected chi connectivity index (χ4v) is 3.24. The monoisotopic (exact) mass is 359 g/mol. The van der Waals surface area contributed by atoms with Gasteiger partial charge in [0.05, 0.1) is 6.04 Å². The number of benzene rings is 3. The Morgan fingerprint density at radius 1 is 0.852 bits per heavy atom. The Balaban J connectivity index is 1.44. The molecule has 0 fully saturated rings. The summed E-state index contributed by atoms with van der Waals surface area (Å²) in [7, 11) is 0. The molecule has 1 amide bonds. The standard InChI is InChI=1S/C23H21NO3/c25-22(14-12-17-11-13-20-21(15-17)27-16-26-20)24-23(18-7-3-1-4-8-18)19-9-5-2-6-10-19/h1-11,13,15,23H,12,14,16H2,(H,24,25). The van der Waals surface area contributed by atoms with Gasteiger partial charge in [-0.05, 0) is 35.2 Å². The van der Waals surface area contributed by atoms with Crippen LogP contribution in [-0.2, 0) is 11.2 Å². The lowest BCUT2D eigenvalue weighted by atomic mass is 9.98. The first-order valence-electron chi connectivity index (χ1n) is 9.07. The van der Waals surface area contributed by atoms with Crippen LogP contribution in [0.3, 0.4) is 0 Å². The summed E-state index contributed by atoms with van der Waals surface area (Å²) in [5, 5.41) is 3.18. The van der Waals surface area contributed by atoms with E-state index in [1.807, 2.05) is 78.9 Å². The highest BCUT2D eigenvalue weighted by Crippen LogP contribution is 2.32. The summed E-state index contributed by atoms with van der Waals surface area (Å²) in [4.78, 5) is 12.6. The number of ether oxygens (including phenoxy) is 2. The van der Waals surface area contributed by atoms with E-state index in [9.17, 15) is 4.79 Å². The molecular formula is C23H21NO3. The predicted molar refractivity (Wildman–Crippen MR) is 104 cm³/mol. The maximum Gasteiger partial charge on any atom is 0.231 e. The minimum atomic E-state index is -0.156. The number of carbonyl (C=O) groups is 1. The summed E-state index contributed by atoms with van der Waals surface area (Å²) in [6, 6.07) is 25.7. The summed E-state index contributed by atoms with van der Waals surface area (Å²) < 4.78 is 10.7. The number of amides is 1. The molecule has 4 heteroatoms. The van der Waals surface area contributed by atoms with E-state index < -0.39 is 0 Å². The van der Waals surface area contributed by atoms with E-state index in [-0.39, 0.29) is 18.7 Å². The minimum Gasteiger partial charge on any atom is -0.454 e. The van der Waals surface area contributed by atoms with E-state index in [0.29, 0.717) is 12.8 Å². The number of carbonyl (C=O) groups excluding carboxylic acids is 1. The molecule has 4 nitrogen and oxygen atoms in total. The first kappa shape index (κ1) is 17.2. The Hall–Kier alpha value is -3.27. The van der Waals surface area contributed by atoms with Crippen molar-refractivity contribution in [3.63, 3.8) is 0 Å². The van der Waals surface area contributed by atoms with Crippen molar-refractivity contribution in [3.05, 3.63) is 95.6 Å². The maximum absolute atomic E-state index is 12.6. The molecule has 0 saturated heterocycles. The molecule has 27 heavy (non-hydrogen) atoms. The molecule has 136 valence electrons. The Labute approximate surface area is 158 Å². The van der Waals surface area contributed by atoms with Gasteiger partial charge in [0.15, 0.2) is 11.5 Å². The molecule has 1 N–H and O–H groups in total. The highest BCUT2D eigenvalue weighted by molar-refractivity contribution is 5.77. The molecule has 3 aromatic rings. The molecule has 1 heterocycles. The molecular weight excluding hydrogens is 338 g/mol. The maximum atomic E-state index is 12.6. The molecule has 0 saturated carbocycles. The Morgan fingerprint density at radius 2 is 1.48 bits per heavy atom. The molecule has 0 unspecified atom stereocenters. The van der Waals surface area contributed by atoms with Crippen LogP contribution in [0.4, 0.5) is 0 Å². The molecule has 0 bridgehead atoms. The van der Waals surface area contributed by atoms with Crippen LogP contribution < -0.4 is 14.8 Å². The van der Waals surface area contributed by atoms with E-state index >= 15 is 0 Å². The van der Waals surface area contributed by atoms with E-state index in [4.69, 9.17) is 9.47 Å². The van der Waals surface area contributed by atoms with E-state index in [1.165, 1.54) is 0 Å². The largest absolute Gasteiger partial charge is 0.454 e. The van der Waals surface area contributed by atoms with Crippen LogP contribution in [0.5, 0.6) is 11.5 Å². The van der Waals surface area contributed by atoms with Gasteiger partial charge in [0.1, 0.15) is 0 Å². The number of hydrogen-bond acceptors (Lipinski definition) is 3. The number of hydrogen-bond donors (Lipinski definition) is 1. The number of aryl methyl sites for hydroxylation is 1. The summed E-state index contributed by atoms with van der Waals surface area (Å²) in [6.45, 7) is 0.259. The SMILES string of the molecule is O=C(CCc1ccc2c(c1)OCO2)NC(c1ccccc1)c1ccccc1. The molecule has 0 aliphatic carbocycles. The van der Waals surface area contributed by atoms with Gasteiger partial charge in [0.25, 0.3) is 0 Å². The topological polar surface area (TPSA) is 47.6 Å². The van der Waals surface area contributed by atoms with Crippen LogP contribution in [-0.4, -0.2) is 12.7 Å². The lowest BCUT2D eigenvalue weighted by molar-refractivity contribution is -0.121. The van der Waals surface area contributed by atoms with Crippen molar-refractivity contribution < 1.29 is 14.3 Å². The second-order valence-corrected chi connectivity index (χ2v) is 6.51. The number of rotatable bonds is 6. The number of nitrogens with one attached hydrogen (secondary N) is 1. The smallest absolute Gasteiger partial charge is 0.231 e. The Morgan fingerprint density at radius 3 is 2.15 bits per heavy atom. The van der Waals surface area contributed by atoms with Crippen molar-refractivity contribution in [2.24, 2.45) is 0 Å². The van der Waals surface area contributed by atoms with Gasteiger partial charge >= 0.3 is 0 Å². The molecule has 4 rings (SSSR count). The average molecular weight is 359 g/mol. The molecule has 0 radical (unpaired) electrons. The summed E-state index contributed by atoms with van der Waals surface area (Å²) >= 11 is 0. The zero-order valence-corrected chi connectivity index (χ0v) is 14.9. The molecule has 0 atom stereocenters. The fraction of sp³-hybridized carbons (Fsp3) is 0.174. The zero-order valence-electron chi connectivity index (χ0n) is 14.9. The second-order valence-electron chi connectivity index (χ2n) is 6.51. The van der Waals surface area contributed by atoms with Crippen molar-refractivity contribution in [1.82, 2.24) is 5.32 Å². The van der Waals surface area contributed by atoms with Gasteiger partial charge in [-0.2, -0.15) is 0 Å². The zero-order chi connectivity index (χ0) is 18.5. The third kappa shape index (κ3) is 4.11. The van der Waals surface area contributed by atoms with Gasteiger partial charge in [-0.25, -0.2) is 0 Å². The lowest BCUT2D eigenvalue weighted by Crippen LogP contribution is -2.29. The van der Waals surface area contributed by atoms with Crippen molar-refractivity contribution >= 4 is 5.91 Å². The highest BCUT2D eigenvalue weighted by Gasteiger charge is 2.17. The van der Waals surface area contributed by atoms with E-state index in [0.717, 1.165) is 28.2 Å². The molecule has 1 aliphatic heterocycles. The molecule has 0 aromatic heterocycles. The fourth-order valence-electron chi connectivity index (χ4n) is 3.24. The van der Waals surface area contributed by atoms with Crippen LogP contribution in [0, 0.1) is 0 Å². The minimum absolute atomic E-state index is 0.0189. The average Bonchev–Trinajstić information content (AvgIpc) is 3.20. The summed E-state index contributed by atoms with van der Waals surface area (Å²) in [6.07, 6.45) is 1.06. The third-order valence-corrected chi connectivity index (χ3v) is 4.65.